The predicted molar refractivity (Wildman–Crippen MR) is 83.1 cm³/mol. The summed E-state index contributed by atoms with van der Waals surface area (Å²) in [6.07, 6.45) is 10.8. The van der Waals surface area contributed by atoms with Crippen LogP contribution in [0, 0.1) is 0 Å². The van der Waals surface area contributed by atoms with Crippen molar-refractivity contribution in [2.45, 2.75) is 70.8 Å². The summed E-state index contributed by atoms with van der Waals surface area (Å²) >= 11 is -1.75. The molecule has 0 spiro atoms. The Kier molecular flexibility index (Phi) is 3.91. The molecule has 18 heavy (non-hydrogen) atoms. The molecule has 0 amide bonds. The minimum absolute atomic E-state index is 0.556. The molecule has 0 aliphatic heterocycles. The van der Waals surface area contributed by atoms with Gasteiger partial charge < -0.3 is 0 Å². The van der Waals surface area contributed by atoms with Gasteiger partial charge in [-0.25, -0.2) is 0 Å². The molecule has 0 radical (unpaired) electrons. The zero-order chi connectivity index (χ0) is 13.6. The standard InChI is InChI=1S/C13H21Si.3CH3.Ti/c1-14(2,3)10-12-9-8-11-6-4-5-7-13(11)12;;;;/h8-9H,4-7,10H2,1-3H3;3*1H3;. The van der Waals surface area contributed by atoms with Crippen LogP contribution in [0.1, 0.15) is 25.7 Å². The Balaban J connectivity index is 2.45. The monoisotopic (exact) mass is 298 g/mol. The number of hydrogen-bond acceptors (Lipinski definition) is 0. The first-order valence-electron chi connectivity index (χ1n) is 7.57. The van der Waals surface area contributed by atoms with E-state index < -0.39 is 24.7 Å². The van der Waals surface area contributed by atoms with Crippen molar-refractivity contribution in [1.82, 2.24) is 0 Å². The molecule has 102 valence electrons. The Morgan fingerprint density at radius 1 is 1.11 bits per heavy atom. The van der Waals surface area contributed by atoms with Crippen molar-refractivity contribution in [2.75, 3.05) is 0 Å². The third-order valence-corrected chi connectivity index (χ3v) is 12.1. The van der Waals surface area contributed by atoms with E-state index in [-0.39, 0.29) is 0 Å². The van der Waals surface area contributed by atoms with E-state index in [2.05, 4.69) is 47.5 Å². The SMILES string of the molecule is C[Si](C)(C)C[C]1([Ti]([CH3])([CH3])[CH3])C=CC2=C1CCCC2. The second kappa shape index (κ2) is 4.75. The summed E-state index contributed by atoms with van der Waals surface area (Å²) in [6, 6.07) is 1.50. The van der Waals surface area contributed by atoms with Crippen LogP contribution in [0.15, 0.2) is 23.3 Å². The van der Waals surface area contributed by atoms with Crippen LogP contribution in [0.2, 0.25) is 45.1 Å². The van der Waals surface area contributed by atoms with Crippen LogP contribution in [0.3, 0.4) is 0 Å². The molecule has 0 N–H and O–H groups in total. The molecule has 1 atom stereocenters. The van der Waals surface area contributed by atoms with Gasteiger partial charge in [0.2, 0.25) is 0 Å². The van der Waals surface area contributed by atoms with Gasteiger partial charge in [0.25, 0.3) is 0 Å². The number of hydrogen-bond donors (Lipinski definition) is 0. The molecule has 0 saturated heterocycles. The van der Waals surface area contributed by atoms with Gasteiger partial charge in [0, 0.05) is 0 Å². The zero-order valence-corrected chi connectivity index (χ0v) is 15.8. The van der Waals surface area contributed by atoms with Crippen molar-refractivity contribution in [3.05, 3.63) is 23.3 Å². The van der Waals surface area contributed by atoms with E-state index in [9.17, 15) is 0 Å². The molecule has 2 rings (SSSR count). The predicted octanol–water partition coefficient (Wildman–Crippen LogP) is 6.22. The van der Waals surface area contributed by atoms with E-state index in [1.54, 1.807) is 5.57 Å². The normalized spacial score (nSPS) is 28.8. The van der Waals surface area contributed by atoms with Crippen LogP contribution < -0.4 is 0 Å². The molecule has 0 bridgehead atoms. The first-order valence-corrected chi connectivity index (χ1v) is 16.7. The molecule has 0 heterocycles. The summed E-state index contributed by atoms with van der Waals surface area (Å²) in [5.41, 5.74) is 3.63. The van der Waals surface area contributed by atoms with Crippen LogP contribution in [-0.2, 0) is 16.6 Å². The van der Waals surface area contributed by atoms with Gasteiger partial charge in [-0.15, -0.1) is 0 Å². The van der Waals surface area contributed by atoms with Crippen LogP contribution in [-0.4, -0.2) is 8.07 Å². The Hall–Kier alpha value is 0.411. The summed E-state index contributed by atoms with van der Waals surface area (Å²) in [5.74, 6) is 0. The van der Waals surface area contributed by atoms with Crippen LogP contribution in [0.25, 0.3) is 0 Å². The Labute approximate surface area is 118 Å². The van der Waals surface area contributed by atoms with Crippen molar-refractivity contribution in [1.29, 1.82) is 0 Å². The molecule has 0 fully saturated rings. The zero-order valence-electron chi connectivity index (χ0n) is 13.2. The Morgan fingerprint density at radius 2 is 1.72 bits per heavy atom. The minimum atomic E-state index is -1.75. The molecule has 2 aliphatic carbocycles. The Morgan fingerprint density at radius 3 is 2.28 bits per heavy atom. The van der Waals surface area contributed by atoms with Crippen molar-refractivity contribution in [3.8, 4) is 0 Å². The van der Waals surface area contributed by atoms with Gasteiger partial charge in [0.15, 0.2) is 0 Å². The fourth-order valence-corrected chi connectivity index (χ4v) is 14.2. The summed E-state index contributed by atoms with van der Waals surface area (Å²) in [4.78, 5) is 0. The van der Waals surface area contributed by atoms with Crippen molar-refractivity contribution >= 4 is 8.07 Å². The van der Waals surface area contributed by atoms with E-state index in [0.717, 1.165) is 0 Å². The van der Waals surface area contributed by atoms with Gasteiger partial charge in [-0.3, -0.25) is 0 Å². The van der Waals surface area contributed by atoms with Crippen molar-refractivity contribution in [3.63, 3.8) is 0 Å². The molecule has 1 unspecified atom stereocenters. The van der Waals surface area contributed by atoms with Gasteiger partial charge in [-0.1, -0.05) is 0 Å². The molecule has 0 nitrogen and oxygen atoms in total. The molecular formula is C16H30SiTi. The maximum atomic E-state index is 2.67. The number of rotatable bonds is 3. The van der Waals surface area contributed by atoms with Crippen molar-refractivity contribution in [2.24, 2.45) is 0 Å². The second-order valence-corrected chi connectivity index (χ2v) is 22.4. The third kappa shape index (κ3) is 2.64. The first kappa shape index (κ1) is 14.8. The molecule has 0 aromatic carbocycles. The summed E-state index contributed by atoms with van der Waals surface area (Å²) in [6.45, 7) is 7.66. The molecular weight excluding hydrogens is 268 g/mol. The maximum absolute atomic E-state index is 2.67. The van der Waals surface area contributed by atoms with Gasteiger partial charge in [-0.05, 0) is 0 Å². The Bertz CT molecular complexity index is 392. The molecule has 2 heteroatoms. The molecule has 2 aliphatic rings. The van der Waals surface area contributed by atoms with Gasteiger partial charge in [0.05, 0.1) is 0 Å². The fraction of sp³-hybridized carbons (Fsp3) is 0.750. The van der Waals surface area contributed by atoms with Crippen molar-refractivity contribution < 1.29 is 16.6 Å². The van der Waals surface area contributed by atoms with E-state index in [1.165, 1.54) is 31.7 Å². The molecule has 0 aromatic heterocycles. The van der Waals surface area contributed by atoms with E-state index in [0.29, 0.717) is 3.72 Å². The number of allylic oxidation sites excluding steroid dienone is 4. The topological polar surface area (TPSA) is 0 Å². The van der Waals surface area contributed by atoms with E-state index in [1.807, 2.05) is 5.57 Å². The molecule has 0 aromatic rings. The summed E-state index contributed by atoms with van der Waals surface area (Å²) < 4.78 is 0.556. The van der Waals surface area contributed by atoms with Gasteiger partial charge >= 0.3 is 119 Å². The van der Waals surface area contributed by atoms with E-state index in [4.69, 9.17) is 0 Å². The summed E-state index contributed by atoms with van der Waals surface area (Å²) in [5, 5.41) is 7.90. The average molecular weight is 298 g/mol. The first-order chi connectivity index (χ1) is 8.16. The second-order valence-electron chi connectivity index (χ2n) is 8.50. The van der Waals surface area contributed by atoms with Crippen LogP contribution in [0.5, 0.6) is 0 Å². The third-order valence-electron chi connectivity index (χ3n) is 4.77. The fourth-order valence-electron chi connectivity index (χ4n) is 3.94. The molecule has 0 saturated carbocycles. The van der Waals surface area contributed by atoms with E-state index >= 15 is 0 Å². The van der Waals surface area contributed by atoms with Gasteiger partial charge in [-0.2, -0.15) is 0 Å². The van der Waals surface area contributed by atoms with Gasteiger partial charge in [0.1, 0.15) is 0 Å². The van der Waals surface area contributed by atoms with Crippen LogP contribution in [0.4, 0.5) is 0 Å². The average Bonchev–Trinajstić information content (AvgIpc) is 2.56. The summed E-state index contributed by atoms with van der Waals surface area (Å²) in [7, 11) is -1.02. The quantitative estimate of drug-likeness (QED) is 0.542. The van der Waals surface area contributed by atoms with Crippen LogP contribution >= 0.6 is 0 Å².